The molecule has 2 fully saturated rings. The van der Waals surface area contributed by atoms with E-state index in [4.69, 9.17) is 9.72 Å². The topological polar surface area (TPSA) is 75.9 Å². The number of halogens is 1. The molecule has 0 aliphatic carbocycles. The first kappa shape index (κ1) is 22.4. The summed E-state index contributed by atoms with van der Waals surface area (Å²) in [6.45, 7) is 3.82. The highest BCUT2D eigenvalue weighted by atomic mass is 32.2. The number of aromatic nitrogens is 4. The normalized spacial score (nSPS) is 18.5. The molecule has 8 nitrogen and oxygen atoms in total. The molecule has 6 rings (SSSR count). The van der Waals surface area contributed by atoms with Crippen LogP contribution in [-0.2, 0) is 10.8 Å². The number of fused-ring (bicyclic) bond motifs is 2. The predicted molar refractivity (Wildman–Crippen MR) is 135 cm³/mol. The summed E-state index contributed by atoms with van der Waals surface area (Å²) < 4.78 is 32.9. The summed E-state index contributed by atoms with van der Waals surface area (Å²) in [7, 11) is 0.820. The van der Waals surface area contributed by atoms with Crippen LogP contribution >= 0.6 is 0 Å². The molecular weight excluding hydrogens is 467 g/mol. The van der Waals surface area contributed by atoms with Crippen molar-refractivity contribution in [3.05, 3.63) is 48.8 Å². The van der Waals surface area contributed by atoms with Crippen LogP contribution in [0, 0.1) is 5.82 Å². The van der Waals surface area contributed by atoms with Gasteiger partial charge in [0.25, 0.3) is 0 Å². The molecule has 2 aliphatic rings. The number of benzene rings is 1. The van der Waals surface area contributed by atoms with E-state index < -0.39 is 16.6 Å². The smallest absolute Gasteiger partial charge is 0.167 e. The minimum Gasteiger partial charge on any atom is -0.494 e. The van der Waals surface area contributed by atoms with Crippen molar-refractivity contribution >= 4 is 33.0 Å². The molecule has 3 aromatic heterocycles. The molecule has 182 valence electrons. The van der Waals surface area contributed by atoms with Crippen LogP contribution in [0.1, 0.15) is 12.8 Å². The summed E-state index contributed by atoms with van der Waals surface area (Å²) in [5, 5.41) is 5.36. The lowest BCUT2D eigenvalue weighted by Crippen LogP contribution is -2.49. The van der Waals surface area contributed by atoms with Crippen molar-refractivity contribution in [3.63, 3.8) is 0 Å². The summed E-state index contributed by atoms with van der Waals surface area (Å²) in [6, 6.07) is 5.53. The fourth-order valence-electron chi connectivity index (χ4n) is 5.26. The zero-order chi connectivity index (χ0) is 23.9. The molecule has 4 aromatic rings. The molecule has 0 atom stereocenters. The summed E-state index contributed by atoms with van der Waals surface area (Å²) in [5.41, 5.74) is 4.08. The molecule has 35 heavy (non-hydrogen) atoms. The van der Waals surface area contributed by atoms with Gasteiger partial charge in [0, 0.05) is 77.7 Å². The maximum absolute atomic E-state index is 14.2. The number of methoxy groups -OCH3 is 1. The third kappa shape index (κ3) is 4.14. The van der Waals surface area contributed by atoms with Crippen LogP contribution in [0.15, 0.2) is 43.0 Å². The predicted octanol–water partition coefficient (Wildman–Crippen LogP) is 3.13. The first-order chi connectivity index (χ1) is 17.1. The van der Waals surface area contributed by atoms with Gasteiger partial charge in [-0.05, 0) is 30.5 Å². The lowest BCUT2D eigenvalue weighted by atomic mass is 10.0. The number of hydrogen-bond acceptors (Lipinski definition) is 7. The van der Waals surface area contributed by atoms with Crippen molar-refractivity contribution in [1.29, 1.82) is 0 Å². The van der Waals surface area contributed by atoms with E-state index in [0.29, 0.717) is 11.6 Å². The van der Waals surface area contributed by atoms with Gasteiger partial charge in [0.1, 0.15) is 0 Å². The summed E-state index contributed by atoms with van der Waals surface area (Å²) in [5.74, 6) is 1.35. The second-order valence-electron chi connectivity index (χ2n) is 9.10. The van der Waals surface area contributed by atoms with Gasteiger partial charge in [-0.3, -0.25) is 14.1 Å². The minimum absolute atomic E-state index is 0.180. The zero-order valence-electron chi connectivity index (χ0n) is 19.6. The van der Waals surface area contributed by atoms with E-state index in [2.05, 4.69) is 19.9 Å². The fraction of sp³-hybridized carbons (Fsp3) is 0.400. The van der Waals surface area contributed by atoms with Crippen molar-refractivity contribution in [1.82, 2.24) is 24.5 Å². The largest absolute Gasteiger partial charge is 0.494 e. The highest BCUT2D eigenvalue weighted by molar-refractivity contribution is 7.85. The number of pyridine rings is 1. The molecule has 0 saturated carbocycles. The maximum Gasteiger partial charge on any atom is 0.167 e. The maximum atomic E-state index is 14.2. The molecule has 0 amide bonds. The SMILES string of the molecule is COc1cc2c(-c3cnn4cc(N5CCC(N6CCS(=O)CC6)CC5)cnc34)ccnc2cc1F. The van der Waals surface area contributed by atoms with Gasteiger partial charge in [0.05, 0.1) is 36.9 Å². The van der Waals surface area contributed by atoms with Crippen LogP contribution in [0.2, 0.25) is 0 Å². The van der Waals surface area contributed by atoms with Gasteiger partial charge in [-0.15, -0.1) is 0 Å². The Balaban J connectivity index is 1.25. The van der Waals surface area contributed by atoms with E-state index in [-0.39, 0.29) is 5.75 Å². The van der Waals surface area contributed by atoms with Crippen molar-refractivity contribution in [2.24, 2.45) is 0 Å². The van der Waals surface area contributed by atoms with Crippen molar-refractivity contribution in [3.8, 4) is 16.9 Å². The average Bonchev–Trinajstić information content (AvgIpc) is 3.31. The van der Waals surface area contributed by atoms with Crippen LogP contribution in [0.4, 0.5) is 10.1 Å². The Kier molecular flexibility index (Phi) is 5.85. The van der Waals surface area contributed by atoms with Crippen molar-refractivity contribution in [2.75, 3.05) is 49.7 Å². The van der Waals surface area contributed by atoms with Crippen LogP contribution in [0.3, 0.4) is 0 Å². The standard InChI is InChI=1S/C25H27FN6O2S/c1-34-24-12-20-19(2-5-27-23(20)13-22(24)26)21-15-29-32-16-18(14-28-25(21)32)30-6-3-17(4-7-30)31-8-10-35(33)11-9-31/h2,5,12-17H,3-4,6-11H2,1H3. The first-order valence-corrected chi connectivity index (χ1v) is 13.4. The van der Waals surface area contributed by atoms with Crippen LogP contribution in [0.5, 0.6) is 5.75 Å². The molecule has 2 aliphatic heterocycles. The Labute approximate surface area is 205 Å². The van der Waals surface area contributed by atoms with E-state index in [1.165, 1.54) is 13.2 Å². The second-order valence-corrected chi connectivity index (χ2v) is 10.8. The number of rotatable bonds is 4. The van der Waals surface area contributed by atoms with E-state index in [1.807, 2.05) is 23.0 Å². The molecule has 0 bridgehead atoms. The quantitative estimate of drug-likeness (QED) is 0.432. The lowest BCUT2D eigenvalue weighted by Gasteiger charge is -2.40. The third-order valence-electron chi connectivity index (χ3n) is 7.21. The number of piperidine rings is 1. The molecule has 0 spiro atoms. The van der Waals surface area contributed by atoms with Gasteiger partial charge < -0.3 is 9.64 Å². The fourth-order valence-corrected chi connectivity index (χ4v) is 6.34. The number of anilines is 1. The summed E-state index contributed by atoms with van der Waals surface area (Å²) in [6.07, 6.45) is 9.59. The number of ether oxygens (including phenoxy) is 1. The minimum atomic E-state index is -0.635. The van der Waals surface area contributed by atoms with E-state index in [1.54, 1.807) is 18.5 Å². The van der Waals surface area contributed by atoms with E-state index in [0.717, 1.165) is 78.4 Å². The summed E-state index contributed by atoms with van der Waals surface area (Å²) >= 11 is 0. The number of nitrogens with zero attached hydrogens (tertiary/aromatic N) is 6. The highest BCUT2D eigenvalue weighted by Gasteiger charge is 2.27. The number of hydrogen-bond donors (Lipinski definition) is 0. The molecule has 2 saturated heterocycles. The molecule has 10 heteroatoms. The van der Waals surface area contributed by atoms with E-state index in [9.17, 15) is 8.60 Å². The lowest BCUT2D eigenvalue weighted by molar-refractivity contribution is 0.184. The molecule has 5 heterocycles. The Morgan fingerprint density at radius 1 is 1.06 bits per heavy atom. The van der Waals surface area contributed by atoms with E-state index >= 15 is 0 Å². The van der Waals surface area contributed by atoms with Crippen LogP contribution < -0.4 is 9.64 Å². The molecule has 1 aromatic carbocycles. The third-order valence-corrected chi connectivity index (χ3v) is 8.48. The zero-order valence-corrected chi connectivity index (χ0v) is 20.4. The molecular formula is C25H27FN6O2S. The Hall–Kier alpha value is -3.11. The Morgan fingerprint density at radius 3 is 2.63 bits per heavy atom. The molecule has 0 unspecified atom stereocenters. The highest BCUT2D eigenvalue weighted by Crippen LogP contribution is 2.34. The monoisotopic (exact) mass is 494 g/mol. The van der Waals surface area contributed by atoms with Crippen LogP contribution in [-0.4, -0.2) is 79.5 Å². The van der Waals surface area contributed by atoms with Gasteiger partial charge >= 0.3 is 0 Å². The first-order valence-electron chi connectivity index (χ1n) is 11.9. The van der Waals surface area contributed by atoms with Crippen molar-refractivity contribution in [2.45, 2.75) is 18.9 Å². The van der Waals surface area contributed by atoms with Gasteiger partial charge in [0.2, 0.25) is 0 Å². The van der Waals surface area contributed by atoms with Gasteiger partial charge in [-0.1, -0.05) is 0 Å². The summed E-state index contributed by atoms with van der Waals surface area (Å²) in [4.78, 5) is 14.0. The Morgan fingerprint density at radius 2 is 1.86 bits per heavy atom. The molecule has 0 N–H and O–H groups in total. The second kappa shape index (κ2) is 9.16. The Bertz CT molecular complexity index is 1410. The molecule has 0 radical (unpaired) electrons. The van der Waals surface area contributed by atoms with Gasteiger partial charge in [-0.25, -0.2) is 13.9 Å². The van der Waals surface area contributed by atoms with Gasteiger partial charge in [-0.2, -0.15) is 5.10 Å². The van der Waals surface area contributed by atoms with Crippen molar-refractivity contribution < 1.29 is 13.3 Å². The average molecular weight is 495 g/mol. The van der Waals surface area contributed by atoms with Crippen LogP contribution in [0.25, 0.3) is 27.7 Å². The van der Waals surface area contributed by atoms with Gasteiger partial charge in [0.15, 0.2) is 17.2 Å².